The summed E-state index contributed by atoms with van der Waals surface area (Å²) in [5.41, 5.74) is 5.02. The molecule has 0 spiro atoms. The minimum atomic E-state index is -0.300. The first-order chi connectivity index (χ1) is 64.5. The summed E-state index contributed by atoms with van der Waals surface area (Å²) in [6.07, 6.45) is 67.7. The minimum Gasteiger partial charge on any atom is -0.463 e. The average Bonchev–Trinajstić information content (AvgIpc) is 0.972. The van der Waals surface area contributed by atoms with Crippen molar-refractivity contribution in [2.24, 2.45) is 5.92 Å². The van der Waals surface area contributed by atoms with E-state index in [0.29, 0.717) is 45.7 Å². The van der Waals surface area contributed by atoms with Crippen LogP contribution in [0.25, 0.3) is 30.4 Å². The summed E-state index contributed by atoms with van der Waals surface area (Å²) in [4.78, 5) is 61.0. The zero-order chi connectivity index (χ0) is 98.0. The van der Waals surface area contributed by atoms with Crippen molar-refractivity contribution in [3.05, 3.63) is 298 Å². The first-order valence-electron chi connectivity index (χ1n) is 49.3. The first-order valence-corrected chi connectivity index (χ1v) is 49.3. The van der Waals surface area contributed by atoms with E-state index in [0.717, 1.165) is 163 Å². The number of benzene rings is 5. The lowest BCUT2D eigenvalue weighted by atomic mass is 10.00. The summed E-state index contributed by atoms with van der Waals surface area (Å²) >= 11 is 0. The number of hydrogen-bond donors (Lipinski definition) is 0. The SMILES string of the molecule is C=CC(CC)CCCC.C=CCC(CC=C)OCCCCCCCC.C=CCN(CC=C)CCCCC.C=CCN(CC=C)CCCCOC.CCCCCCCCCOC(=O)/C=C/c1ccccc1.CCCCCOC(=O)/C=C/c1ccccc1.CCCCOC(=O)/C=C/c1ccccc1.CCCOC(=O)/C=C/c1ccccc1.COCCCCOC(=O)/C=C/c1ccccc1. The molecule has 132 heavy (non-hydrogen) atoms. The highest BCUT2D eigenvalue weighted by Gasteiger charge is 2.07. The van der Waals surface area contributed by atoms with Gasteiger partial charge in [-0.2, -0.15) is 0 Å². The molecule has 0 fully saturated rings. The third kappa shape index (κ3) is 96.2. The van der Waals surface area contributed by atoms with Crippen LogP contribution < -0.4 is 0 Å². The number of hydrogen-bond acceptors (Lipinski definition) is 15. The molecule has 0 saturated heterocycles. The third-order valence-corrected chi connectivity index (χ3v) is 19.4. The van der Waals surface area contributed by atoms with Gasteiger partial charge in [-0.15, -0.1) is 46.1 Å². The number of nitrogens with zero attached hydrogens (tertiary/aromatic N) is 2. The fourth-order valence-corrected chi connectivity index (χ4v) is 11.8. The van der Waals surface area contributed by atoms with E-state index in [2.05, 4.69) is 110 Å². The summed E-state index contributed by atoms with van der Waals surface area (Å²) < 4.78 is 40.8. The molecule has 5 rings (SSSR count). The molecular formula is C117H180N2O13. The van der Waals surface area contributed by atoms with Crippen molar-refractivity contribution in [2.45, 2.75) is 267 Å². The van der Waals surface area contributed by atoms with Gasteiger partial charge < -0.3 is 37.9 Å². The summed E-state index contributed by atoms with van der Waals surface area (Å²) in [6, 6.07) is 48.5. The molecule has 0 amide bonds. The van der Waals surface area contributed by atoms with Gasteiger partial charge in [0.25, 0.3) is 0 Å². The Morgan fingerprint density at radius 3 is 0.818 bits per heavy atom. The lowest BCUT2D eigenvalue weighted by Crippen LogP contribution is -2.25. The first kappa shape index (κ1) is 128. The molecule has 1 atom stereocenters. The average molecular weight is 1820 g/mol. The molecule has 0 aliphatic rings. The van der Waals surface area contributed by atoms with Gasteiger partial charge in [-0.3, -0.25) is 9.80 Å². The monoisotopic (exact) mass is 1820 g/mol. The van der Waals surface area contributed by atoms with Crippen LogP contribution in [0.15, 0.2) is 271 Å². The number of carbonyl (C=O) groups excluding carboxylic acids is 5. The van der Waals surface area contributed by atoms with Gasteiger partial charge in [0.2, 0.25) is 0 Å². The predicted octanol–water partition coefficient (Wildman–Crippen LogP) is 30.0. The van der Waals surface area contributed by atoms with E-state index in [9.17, 15) is 24.0 Å². The lowest BCUT2D eigenvalue weighted by molar-refractivity contribution is -0.138. The summed E-state index contributed by atoms with van der Waals surface area (Å²) in [6.45, 7) is 54.6. The number of unbranched alkanes of at least 4 members (excludes halogenated alkanes) is 19. The van der Waals surface area contributed by atoms with Gasteiger partial charge >= 0.3 is 29.8 Å². The van der Waals surface area contributed by atoms with Gasteiger partial charge in [0.05, 0.1) is 39.1 Å². The van der Waals surface area contributed by atoms with Crippen molar-refractivity contribution in [2.75, 3.05) is 106 Å². The molecule has 0 bridgehead atoms. The molecule has 15 heteroatoms. The summed E-state index contributed by atoms with van der Waals surface area (Å²) in [5, 5.41) is 0. The molecule has 15 nitrogen and oxygen atoms in total. The van der Waals surface area contributed by atoms with Crippen molar-refractivity contribution < 1.29 is 61.9 Å². The van der Waals surface area contributed by atoms with Crippen molar-refractivity contribution >= 4 is 60.2 Å². The summed E-state index contributed by atoms with van der Waals surface area (Å²) in [5.74, 6) is -0.598. The fourth-order valence-electron chi connectivity index (χ4n) is 11.8. The second kappa shape index (κ2) is 106. The Labute approximate surface area is 804 Å². The van der Waals surface area contributed by atoms with Crippen LogP contribution in [0.3, 0.4) is 0 Å². The Bertz CT molecular complexity index is 3560. The molecule has 0 saturated carbocycles. The molecule has 5 aromatic carbocycles. The van der Waals surface area contributed by atoms with Crippen LogP contribution in [0.4, 0.5) is 0 Å². The van der Waals surface area contributed by atoms with Gasteiger partial charge in [-0.25, -0.2) is 24.0 Å². The van der Waals surface area contributed by atoms with E-state index >= 15 is 0 Å². The Hall–Kier alpha value is -9.87. The van der Waals surface area contributed by atoms with Crippen LogP contribution in [0.2, 0.25) is 0 Å². The van der Waals surface area contributed by atoms with Crippen LogP contribution in [-0.4, -0.2) is 152 Å². The second-order valence-corrected chi connectivity index (χ2v) is 31.4. The van der Waals surface area contributed by atoms with Crippen LogP contribution in [0, 0.1) is 5.92 Å². The van der Waals surface area contributed by atoms with Gasteiger partial charge in [-0.05, 0) is 167 Å². The standard InChI is InChI=1S/C18H26O2.C15H28O.C14H18O3.C14H18O2.C13H16O2.C12H14O2.C11H21NO.C11H21N.C9H18/c1-2-3-4-5-6-7-11-16-20-18(19)15-14-17-12-9-8-10-13-17;1-4-7-8-9-10-11-14-16-15(12-5-2)13-6-3;1-16-11-5-6-12-17-14(15)10-9-13-7-3-2-4-8-13;1-2-3-7-12-16-14(15)11-10-13-8-5-4-6-9-13;1-2-3-11-15-13(14)10-9-12-7-5-4-6-8-12;1-2-10-14-12(13)9-8-11-6-4-3-5-7-11;1-4-8-12(9-5-2)10-6-7-11-13-3;1-4-7-8-11-12(9-5-2)10-6-3;1-4-7-8-9(5-2)6-3/h8-10,12-15H,2-7,11,16H2,1H3;5-6,15H,2-4,7-14H2,1H3;2-4,7-10H,5-6,11-12H2,1H3;4-6,8-11H,2-3,7,12H2,1H3;4-10H,2-3,11H2,1H3;3-9H,2,10H2,1H3;4-5H,1-2,6-11H2,3H3;5-6H,2-4,7-11H2,1H3;5,9H,2,4,6-8H2,1,3H3/b15-14+;;10-9+;11-10+;10-9+;9-8+;;;. The molecule has 0 heterocycles. The van der Waals surface area contributed by atoms with E-state index in [4.69, 9.17) is 37.9 Å². The third-order valence-electron chi connectivity index (χ3n) is 19.4. The maximum Gasteiger partial charge on any atom is 0.330 e. The van der Waals surface area contributed by atoms with Crippen LogP contribution in [-0.2, 0) is 61.9 Å². The summed E-state index contributed by atoms with van der Waals surface area (Å²) in [7, 11) is 3.40. The lowest BCUT2D eigenvalue weighted by Gasteiger charge is -2.18. The number of methoxy groups -OCH3 is 2. The van der Waals surface area contributed by atoms with Gasteiger partial charge in [0, 0.05) is 90.6 Å². The topological polar surface area (TPSA) is 166 Å². The van der Waals surface area contributed by atoms with Crippen molar-refractivity contribution in [3.63, 3.8) is 0 Å². The largest absolute Gasteiger partial charge is 0.463 e. The number of ether oxygens (including phenoxy) is 8. The zero-order valence-corrected chi connectivity index (χ0v) is 84.1. The highest BCUT2D eigenvalue weighted by molar-refractivity contribution is 5.89. The highest BCUT2D eigenvalue weighted by Crippen LogP contribution is 2.15. The van der Waals surface area contributed by atoms with Crippen LogP contribution in [0.5, 0.6) is 0 Å². The Morgan fingerprint density at radius 1 is 0.280 bits per heavy atom. The quantitative estimate of drug-likeness (QED) is 0.0119. The Balaban J connectivity index is -0.000000703. The smallest absolute Gasteiger partial charge is 0.330 e. The van der Waals surface area contributed by atoms with Crippen molar-refractivity contribution in [1.29, 1.82) is 0 Å². The molecule has 5 aromatic rings. The molecular weight excluding hydrogens is 1640 g/mol. The molecule has 736 valence electrons. The van der Waals surface area contributed by atoms with Crippen molar-refractivity contribution in [1.82, 2.24) is 9.80 Å². The molecule has 0 N–H and O–H groups in total. The van der Waals surface area contributed by atoms with Crippen LogP contribution >= 0.6 is 0 Å². The number of allylic oxidation sites excluding steroid dienone is 1. The van der Waals surface area contributed by atoms with Crippen molar-refractivity contribution in [3.8, 4) is 0 Å². The van der Waals surface area contributed by atoms with E-state index in [1.165, 1.54) is 159 Å². The molecule has 0 radical (unpaired) electrons. The minimum absolute atomic E-state index is 0.250. The van der Waals surface area contributed by atoms with Gasteiger partial charge in [0.1, 0.15) is 0 Å². The molecule has 0 aliphatic heterocycles. The highest BCUT2D eigenvalue weighted by atomic mass is 16.5. The Morgan fingerprint density at radius 2 is 0.530 bits per heavy atom. The van der Waals surface area contributed by atoms with Gasteiger partial charge in [-0.1, -0.05) is 365 Å². The van der Waals surface area contributed by atoms with E-state index in [-0.39, 0.29) is 29.8 Å². The number of rotatable bonds is 66. The maximum atomic E-state index is 11.5. The fraction of sp³-hybridized carbons (Fsp3) is 0.496. The second-order valence-electron chi connectivity index (χ2n) is 31.4. The van der Waals surface area contributed by atoms with Crippen LogP contribution in [0.1, 0.15) is 289 Å². The zero-order valence-electron chi connectivity index (χ0n) is 84.1. The van der Waals surface area contributed by atoms with E-state index in [1.54, 1.807) is 44.6 Å². The molecule has 1 unspecified atom stereocenters. The maximum absolute atomic E-state index is 11.5. The number of esters is 5. The van der Waals surface area contributed by atoms with E-state index in [1.807, 2.05) is 195 Å². The number of carbonyl (C=O) groups is 5. The van der Waals surface area contributed by atoms with Gasteiger partial charge in [0.15, 0.2) is 0 Å². The van der Waals surface area contributed by atoms with E-state index < -0.39 is 0 Å². The molecule has 0 aliphatic carbocycles. The normalized spacial score (nSPS) is 10.7. The predicted molar refractivity (Wildman–Crippen MR) is 567 cm³/mol. The Kier molecular flexibility index (Phi) is 104. The molecule has 0 aromatic heterocycles.